The Bertz CT molecular complexity index is 184. The molecular formula is C12H24N2O. The second kappa shape index (κ2) is 5.28. The molecule has 1 saturated heterocycles. The summed E-state index contributed by atoms with van der Waals surface area (Å²) in [5.74, 6) is 0. The lowest BCUT2D eigenvalue weighted by Gasteiger charge is -2.45. The maximum atomic E-state index is 5.60. The quantitative estimate of drug-likeness (QED) is 0.759. The van der Waals surface area contributed by atoms with Crippen molar-refractivity contribution in [2.45, 2.75) is 50.8 Å². The topological polar surface area (TPSA) is 24.5 Å². The molecule has 1 aliphatic carbocycles. The van der Waals surface area contributed by atoms with Gasteiger partial charge in [-0.2, -0.15) is 0 Å². The third kappa shape index (κ3) is 2.71. The molecule has 0 radical (unpaired) electrons. The van der Waals surface area contributed by atoms with Crippen LogP contribution in [0.2, 0.25) is 0 Å². The Kier molecular flexibility index (Phi) is 4.00. The van der Waals surface area contributed by atoms with Gasteiger partial charge in [0.1, 0.15) is 0 Å². The third-order valence-electron chi connectivity index (χ3n) is 3.93. The fourth-order valence-electron chi connectivity index (χ4n) is 2.76. The average Bonchev–Trinajstić information content (AvgIpc) is 2.23. The summed E-state index contributed by atoms with van der Waals surface area (Å²) < 4.78 is 5.60. The highest BCUT2D eigenvalue weighted by molar-refractivity contribution is 4.90. The molecule has 1 heterocycles. The summed E-state index contributed by atoms with van der Waals surface area (Å²) in [4.78, 5) is 2.66. The molecule has 15 heavy (non-hydrogen) atoms. The molecule has 1 N–H and O–H groups in total. The summed E-state index contributed by atoms with van der Waals surface area (Å²) in [6, 6.07) is 1.57. The lowest BCUT2D eigenvalue weighted by atomic mass is 9.86. The molecule has 0 bridgehead atoms. The minimum atomic E-state index is 0.557. The van der Waals surface area contributed by atoms with Gasteiger partial charge < -0.3 is 15.0 Å². The number of hydrogen-bond acceptors (Lipinski definition) is 3. The highest BCUT2D eigenvalue weighted by Crippen LogP contribution is 2.30. The van der Waals surface area contributed by atoms with Crippen LogP contribution in [0.4, 0.5) is 0 Å². The van der Waals surface area contributed by atoms with E-state index < -0.39 is 0 Å². The van der Waals surface area contributed by atoms with Gasteiger partial charge in [0.05, 0.1) is 6.10 Å². The van der Waals surface area contributed by atoms with Crippen LogP contribution in [-0.4, -0.2) is 49.8 Å². The third-order valence-corrected chi connectivity index (χ3v) is 3.93. The van der Waals surface area contributed by atoms with Crippen molar-refractivity contribution < 1.29 is 4.74 Å². The summed E-state index contributed by atoms with van der Waals surface area (Å²) in [7, 11) is 2.08. The molecular weight excluding hydrogens is 188 g/mol. The molecule has 2 rings (SSSR count). The first kappa shape index (κ1) is 11.4. The van der Waals surface area contributed by atoms with Gasteiger partial charge in [-0.25, -0.2) is 0 Å². The molecule has 0 amide bonds. The Labute approximate surface area is 93.2 Å². The Morgan fingerprint density at radius 2 is 1.93 bits per heavy atom. The van der Waals surface area contributed by atoms with Crippen LogP contribution in [0.5, 0.6) is 0 Å². The number of nitrogens with one attached hydrogen (secondary N) is 1. The highest BCUT2D eigenvalue weighted by Gasteiger charge is 2.35. The molecule has 0 aromatic heterocycles. The molecule has 3 nitrogen and oxygen atoms in total. The van der Waals surface area contributed by atoms with Gasteiger partial charge in [0.2, 0.25) is 0 Å². The molecule has 0 atom stereocenters. The largest absolute Gasteiger partial charge is 0.378 e. The van der Waals surface area contributed by atoms with E-state index >= 15 is 0 Å². The fraction of sp³-hybridized carbons (Fsp3) is 1.00. The van der Waals surface area contributed by atoms with Crippen LogP contribution in [0.1, 0.15) is 32.6 Å². The second-order valence-corrected chi connectivity index (χ2v) is 4.80. The zero-order chi connectivity index (χ0) is 10.7. The van der Waals surface area contributed by atoms with Crippen LogP contribution < -0.4 is 5.32 Å². The van der Waals surface area contributed by atoms with Gasteiger partial charge in [0, 0.05) is 18.7 Å². The zero-order valence-corrected chi connectivity index (χ0v) is 10.0. The maximum Gasteiger partial charge on any atom is 0.0604 e. The van der Waals surface area contributed by atoms with E-state index in [1.807, 2.05) is 0 Å². The van der Waals surface area contributed by atoms with E-state index in [1.54, 1.807) is 0 Å². The maximum absolute atomic E-state index is 5.60. The summed E-state index contributed by atoms with van der Waals surface area (Å²) in [5.41, 5.74) is 0. The monoisotopic (exact) mass is 212 g/mol. The first-order valence-corrected chi connectivity index (χ1v) is 6.36. The molecule has 1 saturated carbocycles. The number of nitrogens with zero attached hydrogens (tertiary/aromatic N) is 1. The minimum absolute atomic E-state index is 0.557. The van der Waals surface area contributed by atoms with E-state index in [4.69, 9.17) is 4.74 Å². The Hall–Kier alpha value is -0.120. The number of ether oxygens (including phenoxy) is 1. The molecule has 0 spiro atoms. The first-order valence-electron chi connectivity index (χ1n) is 6.36. The highest BCUT2D eigenvalue weighted by atomic mass is 16.5. The van der Waals surface area contributed by atoms with Crippen LogP contribution in [-0.2, 0) is 4.74 Å². The van der Waals surface area contributed by atoms with Crippen molar-refractivity contribution >= 4 is 0 Å². The Morgan fingerprint density at radius 3 is 2.47 bits per heavy atom. The van der Waals surface area contributed by atoms with E-state index in [0.717, 1.165) is 18.7 Å². The molecule has 3 heteroatoms. The predicted octanol–water partition coefficient (Wildman–Crippen LogP) is 1.24. The fourth-order valence-corrected chi connectivity index (χ4v) is 2.76. The summed E-state index contributed by atoms with van der Waals surface area (Å²) in [5, 5.41) is 3.38. The summed E-state index contributed by atoms with van der Waals surface area (Å²) >= 11 is 0. The van der Waals surface area contributed by atoms with Gasteiger partial charge in [-0.05, 0) is 52.7 Å². The van der Waals surface area contributed by atoms with Gasteiger partial charge >= 0.3 is 0 Å². The predicted molar refractivity (Wildman–Crippen MR) is 62.1 cm³/mol. The van der Waals surface area contributed by atoms with E-state index in [0.29, 0.717) is 6.10 Å². The standard InChI is InChI=1S/C12H24N2O/c1-3-15-12-8-11(9-12)14-6-4-10(13-2)5-7-14/h10-13H,3-9H2,1-2H3. The van der Waals surface area contributed by atoms with Crippen molar-refractivity contribution in [2.24, 2.45) is 0 Å². The van der Waals surface area contributed by atoms with Crippen molar-refractivity contribution in [1.29, 1.82) is 0 Å². The van der Waals surface area contributed by atoms with Gasteiger partial charge in [-0.3, -0.25) is 0 Å². The first-order chi connectivity index (χ1) is 7.33. The molecule has 0 aromatic carbocycles. The number of rotatable bonds is 4. The van der Waals surface area contributed by atoms with Gasteiger partial charge in [-0.1, -0.05) is 0 Å². The summed E-state index contributed by atoms with van der Waals surface area (Å²) in [6.45, 7) is 5.51. The molecule has 0 aromatic rings. The minimum Gasteiger partial charge on any atom is -0.378 e. The lowest BCUT2D eigenvalue weighted by molar-refractivity contribution is -0.0518. The molecule has 1 aliphatic heterocycles. The number of hydrogen-bond donors (Lipinski definition) is 1. The molecule has 2 fully saturated rings. The average molecular weight is 212 g/mol. The van der Waals surface area contributed by atoms with E-state index in [-0.39, 0.29) is 0 Å². The summed E-state index contributed by atoms with van der Waals surface area (Å²) in [6.07, 6.45) is 5.70. The zero-order valence-electron chi connectivity index (χ0n) is 10.0. The lowest BCUT2D eigenvalue weighted by Crippen LogP contribution is -2.52. The van der Waals surface area contributed by atoms with Crippen molar-refractivity contribution in [3.05, 3.63) is 0 Å². The van der Waals surface area contributed by atoms with Crippen LogP contribution >= 0.6 is 0 Å². The van der Waals surface area contributed by atoms with Crippen molar-refractivity contribution in [3.63, 3.8) is 0 Å². The second-order valence-electron chi connectivity index (χ2n) is 4.80. The van der Waals surface area contributed by atoms with Gasteiger partial charge in [0.25, 0.3) is 0 Å². The smallest absolute Gasteiger partial charge is 0.0604 e. The number of likely N-dealkylation sites (tertiary alicyclic amines) is 1. The number of piperidine rings is 1. The molecule has 88 valence electrons. The molecule has 2 aliphatic rings. The van der Waals surface area contributed by atoms with E-state index in [1.165, 1.54) is 38.8 Å². The SMILES string of the molecule is CCOC1CC(N2CCC(NC)CC2)C1. The van der Waals surface area contributed by atoms with Gasteiger partial charge in [-0.15, -0.1) is 0 Å². The van der Waals surface area contributed by atoms with Crippen LogP contribution in [0.3, 0.4) is 0 Å². The van der Waals surface area contributed by atoms with E-state index in [9.17, 15) is 0 Å². The van der Waals surface area contributed by atoms with Crippen LogP contribution in [0.25, 0.3) is 0 Å². The Balaban J connectivity index is 1.65. The van der Waals surface area contributed by atoms with Crippen molar-refractivity contribution in [1.82, 2.24) is 10.2 Å². The molecule has 0 unspecified atom stereocenters. The van der Waals surface area contributed by atoms with Crippen molar-refractivity contribution in [3.8, 4) is 0 Å². The Morgan fingerprint density at radius 1 is 1.27 bits per heavy atom. The van der Waals surface area contributed by atoms with Crippen molar-refractivity contribution in [2.75, 3.05) is 26.7 Å². The van der Waals surface area contributed by atoms with Crippen LogP contribution in [0, 0.1) is 0 Å². The van der Waals surface area contributed by atoms with E-state index in [2.05, 4.69) is 24.2 Å². The van der Waals surface area contributed by atoms with Crippen LogP contribution in [0.15, 0.2) is 0 Å². The normalized spacial score (nSPS) is 34.0. The van der Waals surface area contributed by atoms with Gasteiger partial charge in [0.15, 0.2) is 0 Å².